The molecule has 5 nitrogen and oxygen atoms in total. The second-order valence-electron chi connectivity index (χ2n) is 8.56. The van der Waals surface area contributed by atoms with Crippen LogP contribution in [0.2, 0.25) is 0 Å². The maximum absolute atomic E-state index is 12.9. The summed E-state index contributed by atoms with van der Waals surface area (Å²) in [5.74, 6) is 0.971. The molecule has 160 valence electrons. The monoisotopic (exact) mass is 408 g/mol. The number of likely N-dealkylation sites (tertiary alicyclic amines) is 1. The first-order valence-corrected chi connectivity index (χ1v) is 10.8. The minimum absolute atomic E-state index is 0.0678. The fourth-order valence-electron chi connectivity index (χ4n) is 3.69. The summed E-state index contributed by atoms with van der Waals surface area (Å²) in [5, 5.41) is 2.95. The van der Waals surface area contributed by atoms with Gasteiger partial charge in [-0.05, 0) is 81.0 Å². The van der Waals surface area contributed by atoms with Gasteiger partial charge in [-0.3, -0.25) is 9.59 Å². The number of benzene rings is 2. The average Bonchev–Trinajstić information content (AvgIpc) is 2.73. The number of hydrogen-bond acceptors (Lipinski definition) is 3. The minimum atomic E-state index is -0.197. The van der Waals surface area contributed by atoms with Crippen molar-refractivity contribution in [1.29, 1.82) is 0 Å². The fraction of sp³-hybridized carbons (Fsp3) is 0.440. The van der Waals surface area contributed by atoms with Gasteiger partial charge in [-0.25, -0.2) is 0 Å². The summed E-state index contributed by atoms with van der Waals surface area (Å²) in [6.07, 6.45) is 3.29. The highest BCUT2D eigenvalue weighted by molar-refractivity contribution is 6.05. The quantitative estimate of drug-likeness (QED) is 0.706. The maximum atomic E-state index is 12.9. The van der Waals surface area contributed by atoms with Gasteiger partial charge in [0.15, 0.2) is 0 Å². The van der Waals surface area contributed by atoms with E-state index in [1.54, 1.807) is 18.2 Å². The summed E-state index contributed by atoms with van der Waals surface area (Å²) >= 11 is 0. The fourth-order valence-corrected chi connectivity index (χ4v) is 3.69. The van der Waals surface area contributed by atoms with E-state index in [0.717, 1.165) is 24.9 Å². The molecule has 0 spiro atoms. The van der Waals surface area contributed by atoms with Crippen LogP contribution in [0, 0.1) is 12.8 Å². The molecule has 0 radical (unpaired) electrons. The normalized spacial score (nSPS) is 16.4. The first-order chi connectivity index (χ1) is 14.3. The van der Waals surface area contributed by atoms with E-state index in [-0.39, 0.29) is 17.9 Å². The van der Waals surface area contributed by atoms with E-state index in [1.807, 2.05) is 36.1 Å². The van der Waals surface area contributed by atoms with Crippen LogP contribution >= 0.6 is 0 Å². The Labute approximate surface area is 179 Å². The van der Waals surface area contributed by atoms with Gasteiger partial charge in [0.1, 0.15) is 5.75 Å². The van der Waals surface area contributed by atoms with E-state index in [1.165, 1.54) is 6.42 Å². The Bertz CT molecular complexity index is 907. The molecular weight excluding hydrogens is 376 g/mol. The number of ether oxygens (including phenoxy) is 1. The second kappa shape index (κ2) is 9.79. The third kappa shape index (κ3) is 5.41. The number of aryl methyl sites for hydroxylation is 1. The van der Waals surface area contributed by atoms with Crippen molar-refractivity contribution < 1.29 is 14.3 Å². The molecule has 0 bridgehead atoms. The Morgan fingerprint density at radius 1 is 1.13 bits per heavy atom. The first kappa shape index (κ1) is 21.9. The number of anilines is 1. The number of carbonyl (C=O) groups is 2. The Hall–Kier alpha value is -2.82. The standard InChI is InChI=1S/C25H32N2O3/c1-17(2)16-30-22-10-7-9-20(15-22)24(28)26-23-12-11-21(14-18(23)3)25(29)27-13-6-5-8-19(27)4/h7,9-12,14-15,17,19H,5-6,8,13,16H2,1-4H3,(H,26,28). The summed E-state index contributed by atoms with van der Waals surface area (Å²) in [4.78, 5) is 27.6. The molecule has 2 amide bonds. The van der Waals surface area contributed by atoms with Gasteiger partial charge in [0.2, 0.25) is 0 Å². The highest BCUT2D eigenvalue weighted by atomic mass is 16.5. The van der Waals surface area contributed by atoms with E-state index < -0.39 is 0 Å². The minimum Gasteiger partial charge on any atom is -0.493 e. The van der Waals surface area contributed by atoms with E-state index in [9.17, 15) is 9.59 Å². The zero-order chi connectivity index (χ0) is 21.7. The topological polar surface area (TPSA) is 58.6 Å². The highest BCUT2D eigenvalue weighted by Crippen LogP contribution is 2.23. The maximum Gasteiger partial charge on any atom is 0.255 e. The molecule has 2 aromatic carbocycles. The summed E-state index contributed by atoms with van der Waals surface area (Å²) in [6.45, 7) is 9.60. The molecule has 1 atom stereocenters. The molecule has 30 heavy (non-hydrogen) atoms. The lowest BCUT2D eigenvalue weighted by atomic mass is 10.0. The van der Waals surface area contributed by atoms with Crippen LogP contribution in [0.4, 0.5) is 5.69 Å². The SMILES string of the molecule is Cc1cc(C(=O)N2CCCCC2C)ccc1NC(=O)c1cccc(OCC(C)C)c1. The predicted molar refractivity (Wildman–Crippen MR) is 120 cm³/mol. The van der Waals surface area contributed by atoms with E-state index in [2.05, 4.69) is 26.1 Å². The molecule has 1 N–H and O–H groups in total. The Morgan fingerprint density at radius 3 is 2.63 bits per heavy atom. The molecule has 5 heteroatoms. The molecule has 0 aliphatic carbocycles. The van der Waals surface area contributed by atoms with Crippen LogP contribution in [0.1, 0.15) is 66.3 Å². The van der Waals surface area contributed by atoms with E-state index in [0.29, 0.717) is 35.1 Å². The highest BCUT2D eigenvalue weighted by Gasteiger charge is 2.24. The summed E-state index contributed by atoms with van der Waals surface area (Å²) in [6, 6.07) is 12.9. The number of amides is 2. The van der Waals surface area contributed by atoms with Crippen molar-refractivity contribution >= 4 is 17.5 Å². The molecule has 1 heterocycles. The van der Waals surface area contributed by atoms with Gasteiger partial charge in [-0.2, -0.15) is 0 Å². The van der Waals surface area contributed by atoms with Gasteiger partial charge in [0.05, 0.1) is 6.61 Å². The largest absolute Gasteiger partial charge is 0.493 e. The zero-order valence-corrected chi connectivity index (χ0v) is 18.4. The lowest BCUT2D eigenvalue weighted by Crippen LogP contribution is -2.42. The third-order valence-electron chi connectivity index (χ3n) is 5.46. The van der Waals surface area contributed by atoms with E-state index in [4.69, 9.17) is 4.74 Å². The summed E-state index contributed by atoms with van der Waals surface area (Å²) < 4.78 is 5.72. The molecular formula is C25H32N2O3. The van der Waals surface area contributed by atoms with Crippen molar-refractivity contribution in [3.8, 4) is 5.75 Å². The molecule has 1 saturated heterocycles. The van der Waals surface area contributed by atoms with Gasteiger partial charge in [-0.1, -0.05) is 19.9 Å². The second-order valence-corrected chi connectivity index (χ2v) is 8.56. The van der Waals surface area contributed by atoms with Crippen molar-refractivity contribution in [1.82, 2.24) is 4.90 Å². The zero-order valence-electron chi connectivity index (χ0n) is 18.4. The summed E-state index contributed by atoms with van der Waals surface area (Å²) in [5.41, 5.74) is 2.78. The lowest BCUT2D eigenvalue weighted by molar-refractivity contribution is 0.0635. The van der Waals surface area contributed by atoms with Crippen molar-refractivity contribution in [2.75, 3.05) is 18.5 Å². The summed E-state index contributed by atoms with van der Waals surface area (Å²) in [7, 11) is 0. The Balaban J connectivity index is 1.69. The van der Waals surface area contributed by atoms with Crippen LogP contribution in [-0.2, 0) is 0 Å². The van der Waals surface area contributed by atoms with Crippen molar-refractivity contribution in [2.24, 2.45) is 5.92 Å². The number of rotatable bonds is 6. The first-order valence-electron chi connectivity index (χ1n) is 10.8. The van der Waals surface area contributed by atoms with Crippen LogP contribution in [-0.4, -0.2) is 35.9 Å². The number of hydrogen-bond donors (Lipinski definition) is 1. The number of nitrogens with one attached hydrogen (secondary N) is 1. The van der Waals surface area contributed by atoms with E-state index >= 15 is 0 Å². The Morgan fingerprint density at radius 2 is 1.93 bits per heavy atom. The van der Waals surface area contributed by atoms with Crippen LogP contribution in [0.25, 0.3) is 0 Å². The number of carbonyl (C=O) groups excluding carboxylic acids is 2. The van der Waals surface area contributed by atoms with Gasteiger partial charge in [0, 0.05) is 29.4 Å². The van der Waals surface area contributed by atoms with Crippen LogP contribution in [0.15, 0.2) is 42.5 Å². The van der Waals surface area contributed by atoms with Gasteiger partial charge >= 0.3 is 0 Å². The average molecular weight is 409 g/mol. The molecule has 1 aliphatic rings. The smallest absolute Gasteiger partial charge is 0.255 e. The van der Waals surface area contributed by atoms with Crippen molar-refractivity contribution in [3.63, 3.8) is 0 Å². The van der Waals surface area contributed by atoms with Crippen LogP contribution in [0.5, 0.6) is 5.75 Å². The van der Waals surface area contributed by atoms with Gasteiger partial charge in [0.25, 0.3) is 11.8 Å². The Kier molecular flexibility index (Phi) is 7.14. The van der Waals surface area contributed by atoms with Gasteiger partial charge in [-0.15, -0.1) is 0 Å². The molecule has 0 saturated carbocycles. The molecule has 3 rings (SSSR count). The third-order valence-corrected chi connectivity index (χ3v) is 5.46. The van der Waals surface area contributed by atoms with Crippen molar-refractivity contribution in [3.05, 3.63) is 59.2 Å². The van der Waals surface area contributed by atoms with Gasteiger partial charge < -0.3 is 15.0 Å². The van der Waals surface area contributed by atoms with Crippen LogP contribution in [0.3, 0.4) is 0 Å². The predicted octanol–water partition coefficient (Wildman–Crippen LogP) is 5.30. The number of nitrogens with zero attached hydrogens (tertiary/aromatic N) is 1. The molecule has 1 aliphatic heterocycles. The number of piperidine rings is 1. The van der Waals surface area contributed by atoms with Crippen LogP contribution < -0.4 is 10.1 Å². The lowest BCUT2D eigenvalue weighted by Gasteiger charge is -2.33. The molecule has 0 aromatic heterocycles. The molecule has 1 unspecified atom stereocenters. The molecule has 2 aromatic rings. The molecule has 1 fully saturated rings. The van der Waals surface area contributed by atoms with Crippen molar-refractivity contribution in [2.45, 2.75) is 53.0 Å².